The number of hydrogen-bond acceptors (Lipinski definition) is 0. The van der Waals surface area contributed by atoms with Crippen molar-refractivity contribution in [1.29, 1.82) is 0 Å². The van der Waals surface area contributed by atoms with Gasteiger partial charge in [0.05, 0.1) is 0 Å². The predicted octanol–water partition coefficient (Wildman–Crippen LogP) is 2.13. The minimum atomic E-state index is -0.731. The van der Waals surface area contributed by atoms with Gasteiger partial charge in [0, 0.05) is 4.83 Å². The average Bonchev–Trinajstić information content (AvgIpc) is 1.36. The minimum Gasteiger partial charge on any atom is -0.247 e. The Morgan fingerprint density at radius 2 is 1.67 bits per heavy atom. The standard InChI is InChI=1S/C4H8BrF/c1-3(5)4(2)6/h3-4H,1-2H3/t3-,4-/m1/s1. The van der Waals surface area contributed by atoms with Gasteiger partial charge in [-0.05, 0) is 13.8 Å². The number of halogens is 2. The molecule has 38 valence electrons. The fourth-order valence-electron chi connectivity index (χ4n) is 0. The lowest BCUT2D eigenvalue weighted by Gasteiger charge is -1.99. The van der Waals surface area contributed by atoms with Crippen molar-refractivity contribution in [2.45, 2.75) is 24.8 Å². The van der Waals surface area contributed by atoms with Crippen molar-refractivity contribution in [3.63, 3.8) is 0 Å². The number of hydrogen-bond donors (Lipinski definition) is 0. The monoisotopic (exact) mass is 154 g/mol. The maximum Gasteiger partial charge on any atom is 0.109 e. The van der Waals surface area contributed by atoms with Gasteiger partial charge in [-0.3, -0.25) is 0 Å². The van der Waals surface area contributed by atoms with Crippen LogP contribution in [-0.2, 0) is 0 Å². The average molecular weight is 155 g/mol. The van der Waals surface area contributed by atoms with Crippen molar-refractivity contribution in [3.8, 4) is 0 Å². The molecule has 0 aliphatic rings. The summed E-state index contributed by atoms with van der Waals surface area (Å²) in [6.07, 6.45) is -0.731. The highest BCUT2D eigenvalue weighted by molar-refractivity contribution is 9.09. The van der Waals surface area contributed by atoms with Crippen LogP contribution in [-0.4, -0.2) is 11.0 Å². The molecule has 0 fully saturated rings. The molecule has 0 bridgehead atoms. The van der Waals surface area contributed by atoms with Gasteiger partial charge in [0.1, 0.15) is 6.17 Å². The third-order valence-corrected chi connectivity index (χ3v) is 1.36. The Morgan fingerprint density at radius 1 is 1.50 bits per heavy atom. The Hall–Kier alpha value is 0.410. The third kappa shape index (κ3) is 2.64. The third-order valence-electron chi connectivity index (χ3n) is 0.633. The fourth-order valence-corrected chi connectivity index (χ4v) is 0. The SMILES string of the molecule is C[C@@H](F)[C@@H](C)Br. The zero-order chi connectivity index (χ0) is 5.15. The van der Waals surface area contributed by atoms with Crippen molar-refractivity contribution < 1.29 is 4.39 Å². The van der Waals surface area contributed by atoms with Crippen LogP contribution in [0.2, 0.25) is 0 Å². The first-order valence-corrected chi connectivity index (χ1v) is 2.84. The Labute approximate surface area is 45.9 Å². The van der Waals surface area contributed by atoms with E-state index in [2.05, 4.69) is 15.9 Å². The molecular formula is C4H8BrF. The highest BCUT2D eigenvalue weighted by atomic mass is 79.9. The Balaban J connectivity index is 2.99. The first-order valence-electron chi connectivity index (χ1n) is 1.92. The molecule has 0 spiro atoms. The van der Waals surface area contributed by atoms with Gasteiger partial charge in [0.25, 0.3) is 0 Å². The van der Waals surface area contributed by atoms with Crippen LogP contribution in [0.25, 0.3) is 0 Å². The lowest BCUT2D eigenvalue weighted by molar-refractivity contribution is 0.363. The van der Waals surface area contributed by atoms with E-state index in [0.717, 1.165) is 0 Å². The molecule has 0 saturated heterocycles. The zero-order valence-corrected chi connectivity index (χ0v) is 5.50. The van der Waals surface area contributed by atoms with E-state index in [1.54, 1.807) is 6.92 Å². The molecule has 2 atom stereocenters. The second-order valence-corrected chi connectivity index (χ2v) is 2.80. The summed E-state index contributed by atoms with van der Waals surface area (Å²) in [7, 11) is 0. The van der Waals surface area contributed by atoms with E-state index in [-0.39, 0.29) is 4.83 Å². The van der Waals surface area contributed by atoms with Crippen molar-refractivity contribution in [2.75, 3.05) is 0 Å². The smallest absolute Gasteiger partial charge is 0.109 e. The number of alkyl halides is 2. The molecule has 0 amide bonds. The molecule has 0 N–H and O–H groups in total. The van der Waals surface area contributed by atoms with Crippen molar-refractivity contribution >= 4 is 15.9 Å². The molecule has 0 aromatic heterocycles. The molecule has 0 aromatic carbocycles. The summed E-state index contributed by atoms with van der Waals surface area (Å²) in [5.74, 6) is 0. The van der Waals surface area contributed by atoms with Crippen LogP contribution in [0.1, 0.15) is 13.8 Å². The molecule has 0 unspecified atom stereocenters. The van der Waals surface area contributed by atoms with Crippen LogP contribution in [0.3, 0.4) is 0 Å². The van der Waals surface area contributed by atoms with Gasteiger partial charge >= 0.3 is 0 Å². The van der Waals surface area contributed by atoms with Crippen molar-refractivity contribution in [2.24, 2.45) is 0 Å². The van der Waals surface area contributed by atoms with Crippen LogP contribution >= 0.6 is 15.9 Å². The molecule has 0 radical (unpaired) electrons. The van der Waals surface area contributed by atoms with Crippen LogP contribution in [0.4, 0.5) is 4.39 Å². The Morgan fingerprint density at radius 3 is 1.67 bits per heavy atom. The molecule has 6 heavy (non-hydrogen) atoms. The molecular weight excluding hydrogens is 147 g/mol. The van der Waals surface area contributed by atoms with Gasteiger partial charge in [0.2, 0.25) is 0 Å². The summed E-state index contributed by atoms with van der Waals surface area (Å²) < 4.78 is 11.8. The van der Waals surface area contributed by atoms with Crippen LogP contribution in [0, 0.1) is 0 Å². The van der Waals surface area contributed by atoms with Gasteiger partial charge in [0.15, 0.2) is 0 Å². The van der Waals surface area contributed by atoms with Crippen LogP contribution in [0.5, 0.6) is 0 Å². The summed E-state index contributed by atoms with van der Waals surface area (Å²) in [4.78, 5) is -0.00231. The molecule has 0 heterocycles. The summed E-state index contributed by atoms with van der Waals surface area (Å²) in [6.45, 7) is 3.31. The first kappa shape index (κ1) is 6.41. The second kappa shape index (κ2) is 2.56. The summed E-state index contributed by atoms with van der Waals surface area (Å²) in [5.41, 5.74) is 0. The van der Waals surface area contributed by atoms with E-state index in [0.29, 0.717) is 0 Å². The van der Waals surface area contributed by atoms with Gasteiger partial charge in [-0.1, -0.05) is 15.9 Å². The van der Waals surface area contributed by atoms with E-state index >= 15 is 0 Å². The van der Waals surface area contributed by atoms with Gasteiger partial charge < -0.3 is 0 Å². The van der Waals surface area contributed by atoms with Crippen molar-refractivity contribution in [1.82, 2.24) is 0 Å². The zero-order valence-electron chi connectivity index (χ0n) is 3.91. The van der Waals surface area contributed by atoms with Crippen molar-refractivity contribution in [3.05, 3.63) is 0 Å². The number of rotatable bonds is 1. The Bertz CT molecular complexity index is 28.5. The molecule has 2 heteroatoms. The van der Waals surface area contributed by atoms with E-state index in [1.807, 2.05) is 0 Å². The molecule has 0 aliphatic carbocycles. The lowest BCUT2D eigenvalue weighted by atomic mass is 10.3. The van der Waals surface area contributed by atoms with Gasteiger partial charge in [-0.25, -0.2) is 4.39 Å². The predicted molar refractivity (Wildman–Crippen MR) is 29.0 cm³/mol. The molecule has 0 rings (SSSR count). The lowest BCUT2D eigenvalue weighted by Crippen LogP contribution is -2.04. The molecule has 0 nitrogen and oxygen atoms in total. The largest absolute Gasteiger partial charge is 0.247 e. The van der Waals surface area contributed by atoms with Crippen LogP contribution in [0.15, 0.2) is 0 Å². The summed E-state index contributed by atoms with van der Waals surface area (Å²) in [5, 5.41) is 0. The topological polar surface area (TPSA) is 0 Å². The highest BCUT2D eigenvalue weighted by Crippen LogP contribution is 2.05. The first-order chi connectivity index (χ1) is 2.64. The highest BCUT2D eigenvalue weighted by Gasteiger charge is 2.02. The quantitative estimate of drug-likeness (QED) is 0.508. The normalized spacial score (nSPS) is 20.0. The summed E-state index contributed by atoms with van der Waals surface area (Å²) >= 11 is 3.06. The van der Waals surface area contributed by atoms with Gasteiger partial charge in [-0.15, -0.1) is 0 Å². The second-order valence-electron chi connectivity index (χ2n) is 1.36. The molecule has 0 saturated carbocycles. The maximum absolute atomic E-state index is 11.8. The van der Waals surface area contributed by atoms with Crippen LogP contribution < -0.4 is 0 Å². The van der Waals surface area contributed by atoms with E-state index in [4.69, 9.17) is 0 Å². The Kier molecular flexibility index (Phi) is 2.74. The molecule has 0 aliphatic heterocycles. The van der Waals surface area contributed by atoms with E-state index in [9.17, 15) is 4.39 Å². The van der Waals surface area contributed by atoms with Gasteiger partial charge in [-0.2, -0.15) is 0 Å². The minimum absolute atomic E-state index is 0.00231. The summed E-state index contributed by atoms with van der Waals surface area (Å²) in [6, 6.07) is 0. The van der Waals surface area contributed by atoms with E-state index < -0.39 is 6.17 Å². The fraction of sp³-hybridized carbons (Fsp3) is 1.00. The maximum atomic E-state index is 11.8. The molecule has 0 aromatic rings. The van der Waals surface area contributed by atoms with E-state index in [1.165, 1.54) is 6.92 Å².